The van der Waals surface area contributed by atoms with Crippen molar-refractivity contribution >= 4 is 28.4 Å². The molecule has 1 fully saturated rings. The number of anilines is 2. The maximum Gasteiger partial charge on any atom is 0.332 e. The third kappa shape index (κ3) is 3.30. The van der Waals surface area contributed by atoms with E-state index < -0.39 is 29.5 Å². The minimum absolute atomic E-state index is 0.223. The summed E-state index contributed by atoms with van der Waals surface area (Å²) in [6.45, 7) is 1.14. The summed E-state index contributed by atoms with van der Waals surface area (Å²) in [6.07, 6.45) is 3.49. The number of carbonyl (C=O) groups excluding carboxylic acids is 1. The largest absolute Gasteiger partial charge is 0.369 e. The first-order valence-electron chi connectivity index (χ1n) is 9.32. The van der Waals surface area contributed by atoms with Gasteiger partial charge in [-0.2, -0.15) is 0 Å². The molecular weight excluding hydrogens is 379 g/mol. The van der Waals surface area contributed by atoms with E-state index in [4.69, 9.17) is 0 Å². The maximum absolute atomic E-state index is 14.4. The smallest absolute Gasteiger partial charge is 0.332 e. The molecule has 1 amide bonds. The number of aryl methyl sites for hydroxylation is 2. The molecule has 1 aliphatic heterocycles. The van der Waals surface area contributed by atoms with Crippen LogP contribution in [0.25, 0.3) is 11.2 Å². The number of rotatable bonds is 4. The normalized spacial score (nSPS) is 14.0. The number of aromatic nitrogens is 4. The van der Waals surface area contributed by atoms with Gasteiger partial charge in [-0.15, -0.1) is 0 Å². The number of carbonyl (C=O) groups is 1. The van der Waals surface area contributed by atoms with E-state index >= 15 is 0 Å². The molecule has 0 saturated carbocycles. The van der Waals surface area contributed by atoms with Gasteiger partial charge >= 0.3 is 5.69 Å². The monoisotopic (exact) mass is 400 g/mol. The van der Waals surface area contributed by atoms with E-state index in [0.717, 1.165) is 30.5 Å². The molecular formula is C19H21FN6O3. The van der Waals surface area contributed by atoms with Gasteiger partial charge in [0.25, 0.3) is 5.56 Å². The third-order valence-electron chi connectivity index (χ3n) is 5.18. The molecule has 0 spiro atoms. The van der Waals surface area contributed by atoms with Gasteiger partial charge in [0.2, 0.25) is 5.91 Å². The Morgan fingerprint density at radius 3 is 2.62 bits per heavy atom. The summed E-state index contributed by atoms with van der Waals surface area (Å²) in [7, 11) is 3.12. The van der Waals surface area contributed by atoms with Crippen molar-refractivity contribution < 1.29 is 9.18 Å². The van der Waals surface area contributed by atoms with Crippen LogP contribution in [0.3, 0.4) is 0 Å². The number of nitrogens with zero attached hydrogens (tertiary/aromatic N) is 5. The van der Waals surface area contributed by atoms with Crippen molar-refractivity contribution in [3.05, 3.63) is 51.2 Å². The summed E-state index contributed by atoms with van der Waals surface area (Å²) >= 11 is 0. The molecule has 1 aromatic carbocycles. The third-order valence-corrected chi connectivity index (χ3v) is 5.18. The summed E-state index contributed by atoms with van der Waals surface area (Å²) in [5.41, 5.74) is -0.00505. The topological polar surface area (TPSA) is 94.2 Å². The average molecular weight is 400 g/mol. The molecule has 9 nitrogen and oxygen atoms in total. The highest BCUT2D eigenvalue weighted by atomic mass is 19.1. The summed E-state index contributed by atoms with van der Waals surface area (Å²) in [5.74, 6) is -1.02. The number of imidazole rings is 1. The lowest BCUT2D eigenvalue weighted by Crippen LogP contribution is -2.42. The van der Waals surface area contributed by atoms with Crippen LogP contribution < -0.4 is 21.5 Å². The van der Waals surface area contributed by atoms with E-state index in [2.05, 4.69) is 10.3 Å². The SMILES string of the molecule is Cn1cnc2c1c(=O)n(CC(=O)Nc1ccc(N3CCCC3)c(F)c1)c(=O)n2C. The molecule has 152 valence electrons. The molecule has 2 aromatic heterocycles. The lowest BCUT2D eigenvalue weighted by Gasteiger charge is -2.19. The van der Waals surface area contributed by atoms with E-state index in [9.17, 15) is 18.8 Å². The van der Waals surface area contributed by atoms with Crippen LogP contribution >= 0.6 is 0 Å². The summed E-state index contributed by atoms with van der Waals surface area (Å²) in [6, 6.07) is 4.49. The Balaban J connectivity index is 1.58. The Morgan fingerprint density at radius 1 is 1.21 bits per heavy atom. The second-order valence-corrected chi connectivity index (χ2v) is 7.17. The zero-order valence-electron chi connectivity index (χ0n) is 16.2. The van der Waals surface area contributed by atoms with Gasteiger partial charge in [-0.25, -0.2) is 18.7 Å². The molecule has 0 atom stereocenters. The van der Waals surface area contributed by atoms with Crippen LogP contribution in [0.2, 0.25) is 0 Å². The predicted octanol–water partition coefficient (Wildman–Crippen LogP) is 0.812. The zero-order chi connectivity index (χ0) is 20.7. The Hall–Kier alpha value is -3.43. The van der Waals surface area contributed by atoms with Gasteiger partial charge in [-0.05, 0) is 31.0 Å². The van der Waals surface area contributed by atoms with E-state index in [1.165, 1.54) is 28.6 Å². The van der Waals surface area contributed by atoms with Gasteiger partial charge in [-0.3, -0.25) is 14.2 Å². The first-order valence-corrected chi connectivity index (χ1v) is 9.32. The molecule has 1 N–H and O–H groups in total. The van der Waals surface area contributed by atoms with Gasteiger partial charge < -0.3 is 14.8 Å². The van der Waals surface area contributed by atoms with Crippen molar-refractivity contribution in [2.75, 3.05) is 23.3 Å². The van der Waals surface area contributed by atoms with E-state index in [1.807, 2.05) is 4.90 Å². The van der Waals surface area contributed by atoms with Crippen molar-refractivity contribution in [1.29, 1.82) is 0 Å². The molecule has 0 radical (unpaired) electrons. The van der Waals surface area contributed by atoms with Crippen LogP contribution in [0.5, 0.6) is 0 Å². The van der Waals surface area contributed by atoms with Gasteiger partial charge in [-0.1, -0.05) is 0 Å². The summed E-state index contributed by atoms with van der Waals surface area (Å²) in [4.78, 5) is 43.6. The molecule has 10 heteroatoms. The maximum atomic E-state index is 14.4. The Kier molecular flexibility index (Phi) is 4.69. The first-order chi connectivity index (χ1) is 13.9. The van der Waals surface area contributed by atoms with Crippen LogP contribution in [0, 0.1) is 5.82 Å². The van der Waals surface area contributed by atoms with Crippen LogP contribution in [-0.4, -0.2) is 37.7 Å². The number of hydrogen-bond donors (Lipinski definition) is 1. The highest BCUT2D eigenvalue weighted by Crippen LogP contribution is 2.26. The minimum Gasteiger partial charge on any atom is -0.369 e. The molecule has 4 rings (SSSR count). The molecule has 0 unspecified atom stereocenters. The Morgan fingerprint density at radius 2 is 1.93 bits per heavy atom. The van der Waals surface area contributed by atoms with E-state index in [0.29, 0.717) is 5.69 Å². The second-order valence-electron chi connectivity index (χ2n) is 7.17. The molecule has 3 aromatic rings. The molecule has 1 saturated heterocycles. The Labute approximate surface area is 165 Å². The number of fused-ring (bicyclic) bond motifs is 1. The van der Waals surface area contributed by atoms with Crippen molar-refractivity contribution in [1.82, 2.24) is 18.7 Å². The van der Waals surface area contributed by atoms with Gasteiger partial charge in [0.1, 0.15) is 12.4 Å². The standard InChI is InChI=1S/C19H21FN6O3/c1-23-11-21-17-16(23)18(28)26(19(29)24(17)2)10-15(27)22-12-5-6-14(13(20)9-12)25-7-3-4-8-25/h5-6,9,11H,3-4,7-8,10H2,1-2H3,(H,22,27). The van der Waals surface area contributed by atoms with Crippen LogP contribution in [0.4, 0.5) is 15.8 Å². The fourth-order valence-corrected chi connectivity index (χ4v) is 3.68. The van der Waals surface area contributed by atoms with Crippen molar-refractivity contribution in [3.8, 4) is 0 Å². The number of halogens is 1. The number of nitrogens with one attached hydrogen (secondary N) is 1. The van der Waals surface area contributed by atoms with E-state index in [-0.39, 0.29) is 16.9 Å². The number of hydrogen-bond acceptors (Lipinski definition) is 5. The summed E-state index contributed by atoms with van der Waals surface area (Å²) in [5, 5.41) is 2.55. The van der Waals surface area contributed by atoms with Crippen LogP contribution in [0.15, 0.2) is 34.1 Å². The first kappa shape index (κ1) is 18.9. The van der Waals surface area contributed by atoms with Crippen molar-refractivity contribution in [2.24, 2.45) is 14.1 Å². The highest BCUT2D eigenvalue weighted by molar-refractivity contribution is 5.91. The molecule has 1 aliphatic rings. The lowest BCUT2D eigenvalue weighted by atomic mass is 10.2. The van der Waals surface area contributed by atoms with Gasteiger partial charge in [0.05, 0.1) is 12.0 Å². The van der Waals surface area contributed by atoms with Crippen molar-refractivity contribution in [3.63, 3.8) is 0 Å². The van der Waals surface area contributed by atoms with Crippen LogP contribution in [0.1, 0.15) is 12.8 Å². The minimum atomic E-state index is -0.646. The molecule has 0 bridgehead atoms. The molecule has 0 aliphatic carbocycles. The molecule has 3 heterocycles. The number of amides is 1. The quantitative estimate of drug-likeness (QED) is 0.700. The highest BCUT2D eigenvalue weighted by Gasteiger charge is 2.19. The Bertz CT molecular complexity index is 1220. The predicted molar refractivity (Wildman–Crippen MR) is 107 cm³/mol. The lowest BCUT2D eigenvalue weighted by molar-refractivity contribution is -0.116. The zero-order valence-corrected chi connectivity index (χ0v) is 16.2. The fourth-order valence-electron chi connectivity index (χ4n) is 3.68. The van der Waals surface area contributed by atoms with Crippen LogP contribution in [-0.2, 0) is 25.4 Å². The van der Waals surface area contributed by atoms with E-state index in [1.54, 1.807) is 19.2 Å². The molecule has 29 heavy (non-hydrogen) atoms. The second kappa shape index (κ2) is 7.19. The van der Waals surface area contributed by atoms with Gasteiger partial charge in [0.15, 0.2) is 11.2 Å². The van der Waals surface area contributed by atoms with Gasteiger partial charge in [0, 0.05) is 32.9 Å². The fraction of sp³-hybridized carbons (Fsp3) is 0.368. The number of benzene rings is 1. The summed E-state index contributed by atoms with van der Waals surface area (Å²) < 4.78 is 18.0. The van der Waals surface area contributed by atoms with Crippen molar-refractivity contribution in [2.45, 2.75) is 19.4 Å². The average Bonchev–Trinajstić information content (AvgIpc) is 3.34.